The SMILES string of the molecule is C#CC1CC(=O)N(c2c(Br)cc(C(=O)O)cc2[N+](=O)[O-])C1. The standard InChI is InChI=1S/C13H9BrN2O5/c1-2-7-3-11(17)15(6-7)12-9(14)4-8(13(18)19)5-10(12)16(20)21/h1,4-5,7H,3,6H2,(H,18,19). The number of nitro groups is 1. The van der Waals surface area contributed by atoms with Crippen molar-refractivity contribution in [1.82, 2.24) is 0 Å². The van der Waals surface area contributed by atoms with Gasteiger partial charge >= 0.3 is 5.97 Å². The van der Waals surface area contributed by atoms with Gasteiger partial charge in [0.25, 0.3) is 5.69 Å². The molecular formula is C13H9BrN2O5. The average Bonchev–Trinajstić information content (AvgIpc) is 2.78. The van der Waals surface area contributed by atoms with Gasteiger partial charge < -0.3 is 10.0 Å². The van der Waals surface area contributed by atoms with E-state index in [1.165, 1.54) is 11.0 Å². The van der Waals surface area contributed by atoms with Crippen LogP contribution in [0.15, 0.2) is 16.6 Å². The monoisotopic (exact) mass is 352 g/mol. The zero-order valence-electron chi connectivity index (χ0n) is 10.6. The van der Waals surface area contributed by atoms with Gasteiger partial charge in [-0.3, -0.25) is 14.9 Å². The van der Waals surface area contributed by atoms with Gasteiger partial charge in [0.1, 0.15) is 5.69 Å². The summed E-state index contributed by atoms with van der Waals surface area (Å²) in [6.45, 7) is 0.168. The number of benzene rings is 1. The van der Waals surface area contributed by atoms with Crippen LogP contribution in [0.1, 0.15) is 16.8 Å². The molecule has 1 aromatic carbocycles. The fraction of sp³-hybridized carbons (Fsp3) is 0.231. The highest BCUT2D eigenvalue weighted by molar-refractivity contribution is 9.10. The fourth-order valence-electron chi connectivity index (χ4n) is 2.15. The molecule has 1 heterocycles. The number of rotatable bonds is 3. The van der Waals surface area contributed by atoms with E-state index in [0.717, 1.165) is 6.07 Å². The number of hydrogen-bond acceptors (Lipinski definition) is 4. The molecule has 0 saturated carbocycles. The molecule has 1 N–H and O–H groups in total. The minimum atomic E-state index is -1.29. The highest BCUT2D eigenvalue weighted by Gasteiger charge is 2.35. The van der Waals surface area contributed by atoms with Crippen molar-refractivity contribution in [1.29, 1.82) is 0 Å². The smallest absolute Gasteiger partial charge is 0.335 e. The summed E-state index contributed by atoms with van der Waals surface area (Å²) >= 11 is 3.10. The molecule has 8 heteroatoms. The molecule has 0 spiro atoms. The number of carbonyl (C=O) groups excluding carboxylic acids is 1. The van der Waals surface area contributed by atoms with Gasteiger partial charge in [-0.05, 0) is 22.0 Å². The maximum Gasteiger partial charge on any atom is 0.335 e. The number of carbonyl (C=O) groups is 2. The molecule has 1 atom stereocenters. The zero-order valence-corrected chi connectivity index (χ0v) is 12.2. The average molecular weight is 353 g/mol. The van der Waals surface area contributed by atoms with Crippen molar-refractivity contribution in [2.45, 2.75) is 6.42 Å². The first kappa shape index (κ1) is 15.0. The van der Waals surface area contributed by atoms with Crippen LogP contribution in [0.3, 0.4) is 0 Å². The van der Waals surface area contributed by atoms with Gasteiger partial charge in [0.2, 0.25) is 5.91 Å². The number of carboxylic acids is 1. The summed E-state index contributed by atoms with van der Waals surface area (Å²) in [5, 5.41) is 20.1. The second-order valence-corrected chi connectivity index (χ2v) is 5.31. The number of terminal acetylenes is 1. The predicted octanol–water partition coefficient (Wildman–Crippen LogP) is 2.04. The molecule has 1 amide bonds. The summed E-state index contributed by atoms with van der Waals surface area (Å²) in [4.78, 5) is 34.6. The molecule has 1 aliphatic heterocycles. The number of halogens is 1. The molecule has 0 aromatic heterocycles. The minimum absolute atomic E-state index is 0.0350. The fourth-order valence-corrected chi connectivity index (χ4v) is 2.81. The Morgan fingerprint density at radius 1 is 1.57 bits per heavy atom. The van der Waals surface area contributed by atoms with Crippen LogP contribution >= 0.6 is 15.9 Å². The summed E-state index contributed by atoms with van der Waals surface area (Å²) in [7, 11) is 0. The minimum Gasteiger partial charge on any atom is -0.478 e. The first-order valence-electron chi connectivity index (χ1n) is 5.83. The van der Waals surface area contributed by atoms with Crippen LogP contribution in [0.5, 0.6) is 0 Å². The Balaban J connectivity index is 2.58. The topological polar surface area (TPSA) is 101 Å². The Kier molecular flexibility index (Phi) is 3.95. The van der Waals surface area contributed by atoms with E-state index in [-0.39, 0.29) is 40.5 Å². The number of amides is 1. The molecule has 1 unspecified atom stereocenters. The van der Waals surface area contributed by atoms with Crippen LogP contribution in [-0.4, -0.2) is 28.5 Å². The lowest BCUT2D eigenvalue weighted by Gasteiger charge is -2.18. The Labute approximate surface area is 127 Å². The molecule has 0 radical (unpaired) electrons. The maximum atomic E-state index is 12.0. The van der Waals surface area contributed by atoms with E-state index >= 15 is 0 Å². The van der Waals surface area contributed by atoms with Gasteiger partial charge in [0.05, 0.1) is 10.5 Å². The first-order valence-corrected chi connectivity index (χ1v) is 6.62. The van der Waals surface area contributed by atoms with Crippen molar-refractivity contribution in [2.75, 3.05) is 11.4 Å². The Bertz CT molecular complexity index is 695. The van der Waals surface area contributed by atoms with E-state index in [1.807, 2.05) is 0 Å². The van der Waals surface area contributed by atoms with E-state index in [2.05, 4.69) is 21.9 Å². The van der Waals surface area contributed by atoms with Crippen LogP contribution in [0, 0.1) is 28.4 Å². The lowest BCUT2D eigenvalue weighted by molar-refractivity contribution is -0.384. The van der Waals surface area contributed by atoms with Crippen LogP contribution in [0.2, 0.25) is 0 Å². The van der Waals surface area contributed by atoms with Crippen LogP contribution in [-0.2, 0) is 4.79 Å². The predicted molar refractivity (Wildman–Crippen MR) is 77.0 cm³/mol. The first-order chi connectivity index (χ1) is 9.85. The Hall–Kier alpha value is -2.40. The van der Waals surface area contributed by atoms with Gasteiger partial charge in [-0.25, -0.2) is 4.79 Å². The second-order valence-electron chi connectivity index (χ2n) is 4.46. The number of nitro benzene ring substituents is 1. The lowest BCUT2D eigenvalue weighted by Crippen LogP contribution is -2.26. The van der Waals surface area contributed by atoms with Gasteiger partial charge in [-0.15, -0.1) is 12.3 Å². The number of anilines is 1. The normalized spacial score (nSPS) is 17.6. The van der Waals surface area contributed by atoms with Crippen molar-refractivity contribution >= 4 is 39.2 Å². The van der Waals surface area contributed by atoms with Crippen molar-refractivity contribution in [2.24, 2.45) is 5.92 Å². The third-order valence-corrected chi connectivity index (χ3v) is 3.72. The van der Waals surface area contributed by atoms with E-state index < -0.39 is 16.6 Å². The highest BCUT2D eigenvalue weighted by Crippen LogP contribution is 2.39. The summed E-state index contributed by atoms with van der Waals surface area (Å²) in [6, 6.07) is 2.15. The summed E-state index contributed by atoms with van der Waals surface area (Å²) < 4.78 is 0.167. The van der Waals surface area contributed by atoms with E-state index in [1.54, 1.807) is 0 Å². The van der Waals surface area contributed by atoms with Gasteiger partial charge in [-0.1, -0.05) is 0 Å². The largest absolute Gasteiger partial charge is 0.478 e. The third-order valence-electron chi connectivity index (χ3n) is 3.12. The van der Waals surface area contributed by atoms with Gasteiger partial charge in [0, 0.05) is 29.4 Å². The summed E-state index contributed by atoms with van der Waals surface area (Å²) in [6.07, 6.45) is 5.40. The molecule has 7 nitrogen and oxygen atoms in total. The number of aromatic carboxylic acids is 1. The van der Waals surface area contributed by atoms with Crippen molar-refractivity contribution in [3.63, 3.8) is 0 Å². The summed E-state index contributed by atoms with van der Waals surface area (Å²) in [5.41, 5.74) is -0.655. The number of nitrogens with zero attached hydrogens (tertiary/aromatic N) is 2. The number of hydrogen-bond donors (Lipinski definition) is 1. The quantitative estimate of drug-likeness (QED) is 0.509. The molecule has 0 aliphatic carbocycles. The van der Waals surface area contributed by atoms with Gasteiger partial charge in [-0.2, -0.15) is 0 Å². The molecule has 0 bridgehead atoms. The molecule has 1 fully saturated rings. The van der Waals surface area contributed by atoms with Crippen molar-refractivity contribution in [3.8, 4) is 12.3 Å². The molecule has 1 saturated heterocycles. The van der Waals surface area contributed by atoms with Crippen LogP contribution in [0.25, 0.3) is 0 Å². The lowest BCUT2D eigenvalue weighted by atomic mass is 10.1. The molecule has 108 valence electrons. The second kappa shape index (κ2) is 5.54. The van der Waals surface area contributed by atoms with E-state index in [4.69, 9.17) is 11.5 Å². The molecule has 1 aliphatic rings. The van der Waals surface area contributed by atoms with E-state index in [9.17, 15) is 19.7 Å². The van der Waals surface area contributed by atoms with Crippen LogP contribution < -0.4 is 4.90 Å². The third kappa shape index (κ3) is 2.73. The van der Waals surface area contributed by atoms with Crippen molar-refractivity contribution < 1.29 is 19.6 Å². The molecule has 2 rings (SSSR count). The highest BCUT2D eigenvalue weighted by atomic mass is 79.9. The molecular weight excluding hydrogens is 344 g/mol. The van der Waals surface area contributed by atoms with E-state index in [0.29, 0.717) is 0 Å². The van der Waals surface area contributed by atoms with Crippen molar-refractivity contribution in [3.05, 3.63) is 32.3 Å². The summed E-state index contributed by atoms with van der Waals surface area (Å²) in [5.74, 6) is 0.513. The van der Waals surface area contributed by atoms with Crippen LogP contribution in [0.4, 0.5) is 11.4 Å². The Morgan fingerprint density at radius 3 is 2.71 bits per heavy atom. The maximum absolute atomic E-state index is 12.0. The molecule has 21 heavy (non-hydrogen) atoms. The Morgan fingerprint density at radius 2 is 2.24 bits per heavy atom. The molecule has 1 aromatic rings. The van der Waals surface area contributed by atoms with Gasteiger partial charge in [0.15, 0.2) is 0 Å². The number of carboxylic acid groups (broad SMARTS) is 1. The zero-order chi connectivity index (χ0) is 15.7.